The average Bonchev–Trinajstić information content (AvgIpc) is 2.70. The van der Waals surface area contributed by atoms with Gasteiger partial charge in [0, 0.05) is 30.8 Å². The second kappa shape index (κ2) is 8.85. The van der Waals surface area contributed by atoms with Crippen molar-refractivity contribution in [2.24, 2.45) is 0 Å². The number of aromatic amines is 1. The van der Waals surface area contributed by atoms with Crippen LogP contribution in [0.25, 0.3) is 0 Å². The lowest BCUT2D eigenvalue weighted by molar-refractivity contribution is -0.136. The van der Waals surface area contributed by atoms with Crippen LogP contribution in [0, 0.1) is 6.92 Å². The van der Waals surface area contributed by atoms with Gasteiger partial charge in [-0.05, 0) is 31.0 Å². The zero-order valence-electron chi connectivity index (χ0n) is 16.1. The Balaban J connectivity index is 1.68. The van der Waals surface area contributed by atoms with Crippen LogP contribution in [-0.2, 0) is 38.8 Å². The van der Waals surface area contributed by atoms with E-state index in [2.05, 4.69) is 9.97 Å². The third-order valence-electron chi connectivity index (χ3n) is 4.78. The molecule has 3 rings (SSSR count). The van der Waals surface area contributed by atoms with Crippen molar-refractivity contribution in [3.8, 4) is 0 Å². The van der Waals surface area contributed by atoms with Crippen molar-refractivity contribution >= 4 is 16.0 Å². The van der Waals surface area contributed by atoms with Crippen LogP contribution in [0.2, 0.25) is 0 Å². The number of aromatic nitrogens is 2. The molecule has 0 radical (unpaired) electrons. The molecule has 2 heterocycles. The van der Waals surface area contributed by atoms with Crippen molar-refractivity contribution in [3.05, 3.63) is 57.3 Å². The van der Waals surface area contributed by atoms with Crippen molar-refractivity contribution in [1.82, 2.24) is 14.3 Å². The van der Waals surface area contributed by atoms with Crippen LogP contribution in [0.5, 0.6) is 0 Å². The van der Waals surface area contributed by atoms with Gasteiger partial charge in [0.2, 0.25) is 10.0 Å². The molecule has 1 aliphatic rings. The Labute approximate surface area is 168 Å². The zero-order chi connectivity index (χ0) is 21.0. The maximum atomic E-state index is 12.6. The smallest absolute Gasteiger partial charge is 0.308 e. The summed E-state index contributed by atoms with van der Waals surface area (Å²) in [4.78, 5) is 30.1. The summed E-state index contributed by atoms with van der Waals surface area (Å²) in [6, 6.07) is 6.66. The largest absolute Gasteiger partial charge is 0.481 e. The summed E-state index contributed by atoms with van der Waals surface area (Å²) in [6.45, 7) is 3.10. The highest BCUT2D eigenvalue weighted by Gasteiger charge is 2.26. The predicted octanol–water partition coefficient (Wildman–Crippen LogP) is 0.512. The van der Waals surface area contributed by atoms with E-state index in [1.807, 2.05) is 0 Å². The fourth-order valence-electron chi connectivity index (χ4n) is 3.17. The highest BCUT2D eigenvalue weighted by atomic mass is 32.2. The van der Waals surface area contributed by atoms with E-state index in [9.17, 15) is 18.0 Å². The van der Waals surface area contributed by atoms with Crippen LogP contribution in [0.3, 0.4) is 0 Å². The second-order valence-corrected chi connectivity index (χ2v) is 8.75. The summed E-state index contributed by atoms with van der Waals surface area (Å²) in [7, 11) is -3.53. The number of hydrogen-bond acceptors (Lipinski definition) is 6. The number of sulfonamides is 1. The maximum absolute atomic E-state index is 12.6. The van der Waals surface area contributed by atoms with Gasteiger partial charge in [-0.1, -0.05) is 12.1 Å². The fraction of sp³-hybridized carbons (Fsp3) is 0.421. The van der Waals surface area contributed by atoms with Crippen LogP contribution >= 0.6 is 0 Å². The quantitative estimate of drug-likeness (QED) is 0.666. The molecule has 0 aliphatic carbocycles. The Morgan fingerprint density at radius 2 is 1.86 bits per heavy atom. The molecule has 1 fully saturated rings. The number of hydrogen-bond donors (Lipinski definition) is 2. The van der Waals surface area contributed by atoms with Crippen LogP contribution in [0.4, 0.5) is 0 Å². The molecule has 1 aromatic heterocycles. The minimum atomic E-state index is -3.53. The van der Waals surface area contributed by atoms with Crippen molar-refractivity contribution in [2.45, 2.75) is 31.1 Å². The molecule has 156 valence electrons. The Morgan fingerprint density at radius 1 is 1.21 bits per heavy atom. The maximum Gasteiger partial charge on any atom is 0.308 e. The van der Waals surface area contributed by atoms with Gasteiger partial charge in [-0.2, -0.15) is 4.31 Å². The average molecular weight is 421 g/mol. The molecule has 0 saturated carbocycles. The minimum absolute atomic E-state index is 0.152. The number of nitrogens with one attached hydrogen (secondary N) is 1. The molecule has 1 aliphatic heterocycles. The van der Waals surface area contributed by atoms with Gasteiger partial charge in [0.25, 0.3) is 5.56 Å². The first-order valence-electron chi connectivity index (χ1n) is 9.24. The van der Waals surface area contributed by atoms with Gasteiger partial charge in [-0.3, -0.25) is 9.59 Å². The summed E-state index contributed by atoms with van der Waals surface area (Å²) in [6.07, 6.45) is 0.630. The standard InChI is InChI=1S/C19H23N3O6S/c1-13-16(12-18(23)24)19(25)21-17(20-13)7-4-14-2-5-15(6-3-14)29(26,27)22-8-10-28-11-9-22/h2-3,5-6H,4,7-12H2,1H3,(H,23,24)(H,20,21,25). The molecule has 1 aromatic carbocycles. The van der Waals surface area contributed by atoms with Gasteiger partial charge in [0.15, 0.2) is 0 Å². The Kier molecular flexibility index (Phi) is 6.46. The second-order valence-electron chi connectivity index (χ2n) is 6.81. The molecule has 10 heteroatoms. The minimum Gasteiger partial charge on any atom is -0.481 e. The first-order chi connectivity index (χ1) is 13.8. The Hall–Kier alpha value is -2.56. The molecule has 2 N–H and O–H groups in total. The van der Waals surface area contributed by atoms with E-state index < -0.39 is 21.6 Å². The normalized spacial score (nSPS) is 15.3. The van der Waals surface area contributed by atoms with Crippen LogP contribution < -0.4 is 5.56 Å². The van der Waals surface area contributed by atoms with E-state index in [1.165, 1.54) is 4.31 Å². The summed E-state index contributed by atoms with van der Waals surface area (Å²) < 4.78 is 31.9. The molecule has 0 spiro atoms. The first-order valence-corrected chi connectivity index (χ1v) is 10.7. The Morgan fingerprint density at radius 3 is 2.45 bits per heavy atom. The lowest BCUT2D eigenvalue weighted by Crippen LogP contribution is -2.40. The van der Waals surface area contributed by atoms with E-state index >= 15 is 0 Å². The number of ether oxygens (including phenoxy) is 1. The summed E-state index contributed by atoms with van der Waals surface area (Å²) in [5, 5.41) is 8.87. The molecule has 29 heavy (non-hydrogen) atoms. The third kappa shape index (κ3) is 5.08. The van der Waals surface area contributed by atoms with Crippen molar-refractivity contribution < 1.29 is 23.1 Å². The Bertz CT molecular complexity index is 1040. The molecule has 0 amide bonds. The lowest BCUT2D eigenvalue weighted by atomic mass is 10.1. The lowest BCUT2D eigenvalue weighted by Gasteiger charge is -2.26. The summed E-state index contributed by atoms with van der Waals surface area (Å²) in [5.74, 6) is -0.619. The predicted molar refractivity (Wildman–Crippen MR) is 104 cm³/mol. The number of carbonyl (C=O) groups is 1. The molecule has 2 aromatic rings. The third-order valence-corrected chi connectivity index (χ3v) is 6.69. The van der Waals surface area contributed by atoms with Crippen LogP contribution in [-0.4, -0.2) is 60.1 Å². The van der Waals surface area contributed by atoms with E-state index in [4.69, 9.17) is 9.84 Å². The van der Waals surface area contributed by atoms with E-state index in [1.54, 1.807) is 31.2 Å². The number of aliphatic carboxylic acids is 1. The summed E-state index contributed by atoms with van der Waals surface area (Å²) in [5.41, 5.74) is 1.01. The number of benzene rings is 1. The van der Waals surface area contributed by atoms with Gasteiger partial charge in [0.05, 0.1) is 24.5 Å². The SMILES string of the molecule is Cc1nc(CCc2ccc(S(=O)(=O)N3CCOCC3)cc2)[nH]c(=O)c1CC(=O)O. The van der Waals surface area contributed by atoms with E-state index in [0.717, 1.165) is 5.56 Å². The van der Waals surface area contributed by atoms with E-state index in [0.29, 0.717) is 50.7 Å². The molecule has 1 saturated heterocycles. The van der Waals surface area contributed by atoms with Crippen molar-refractivity contribution in [1.29, 1.82) is 0 Å². The van der Waals surface area contributed by atoms with Crippen molar-refractivity contribution in [2.75, 3.05) is 26.3 Å². The zero-order valence-corrected chi connectivity index (χ0v) is 16.9. The highest BCUT2D eigenvalue weighted by molar-refractivity contribution is 7.89. The van der Waals surface area contributed by atoms with Gasteiger partial charge < -0.3 is 14.8 Å². The highest BCUT2D eigenvalue weighted by Crippen LogP contribution is 2.18. The number of carboxylic acid groups (broad SMARTS) is 1. The molecule has 0 atom stereocenters. The molecule has 9 nitrogen and oxygen atoms in total. The monoisotopic (exact) mass is 421 g/mol. The number of morpholine rings is 1. The number of aryl methyl sites for hydroxylation is 3. The fourth-order valence-corrected chi connectivity index (χ4v) is 4.58. The molecular weight excluding hydrogens is 398 g/mol. The van der Waals surface area contributed by atoms with Gasteiger partial charge in [-0.15, -0.1) is 0 Å². The topological polar surface area (TPSA) is 130 Å². The number of rotatable bonds is 7. The number of H-pyrrole nitrogens is 1. The molecule has 0 unspecified atom stereocenters. The van der Waals surface area contributed by atoms with Crippen molar-refractivity contribution in [3.63, 3.8) is 0 Å². The van der Waals surface area contributed by atoms with Gasteiger partial charge in [0.1, 0.15) is 5.82 Å². The van der Waals surface area contributed by atoms with Crippen LogP contribution in [0.15, 0.2) is 34.0 Å². The van der Waals surface area contributed by atoms with Gasteiger partial charge in [-0.25, -0.2) is 13.4 Å². The number of carboxylic acids is 1. The summed E-state index contributed by atoms with van der Waals surface area (Å²) >= 11 is 0. The molecule has 0 bridgehead atoms. The molecular formula is C19H23N3O6S. The first kappa shape index (κ1) is 21.2. The van der Waals surface area contributed by atoms with E-state index in [-0.39, 0.29) is 16.9 Å². The van der Waals surface area contributed by atoms with Crippen LogP contribution in [0.1, 0.15) is 22.6 Å². The number of nitrogens with zero attached hydrogens (tertiary/aromatic N) is 2. The van der Waals surface area contributed by atoms with Gasteiger partial charge >= 0.3 is 5.97 Å².